The Morgan fingerprint density at radius 3 is 2.28 bits per heavy atom. The summed E-state index contributed by atoms with van der Waals surface area (Å²) in [5.41, 5.74) is 1.85. The van der Waals surface area contributed by atoms with E-state index in [9.17, 15) is 10.1 Å². The second-order valence-corrected chi connectivity index (χ2v) is 8.19. The topological polar surface area (TPSA) is 59.3 Å². The number of halogens is 1. The highest BCUT2D eigenvalue weighted by Gasteiger charge is 2.32. The first-order chi connectivity index (χ1) is 13.6. The largest absolute Gasteiger partial charge is 0.487 e. The average Bonchev–Trinajstić information content (AvgIpc) is 2.67. The Morgan fingerprint density at radius 1 is 1.17 bits per heavy atom. The van der Waals surface area contributed by atoms with Crippen molar-refractivity contribution in [1.82, 2.24) is 0 Å². The summed E-state index contributed by atoms with van der Waals surface area (Å²) >= 11 is 3.40. The SMILES string of the molecule is C=C(C)C(=O)OC(C)(C)C(C)Oc1ccc(/C=C(\C#N)c2ccc(Br)cc2)cc1. The van der Waals surface area contributed by atoms with Gasteiger partial charge in [-0.3, -0.25) is 0 Å². The van der Waals surface area contributed by atoms with E-state index in [-0.39, 0.29) is 6.10 Å². The van der Waals surface area contributed by atoms with Gasteiger partial charge >= 0.3 is 5.97 Å². The van der Waals surface area contributed by atoms with Crippen LogP contribution < -0.4 is 4.74 Å². The number of ether oxygens (including phenoxy) is 2. The zero-order valence-corrected chi connectivity index (χ0v) is 18.6. The fourth-order valence-electron chi connectivity index (χ4n) is 2.37. The Hall–Kier alpha value is -2.84. The Bertz CT molecular complexity index is 951. The molecule has 0 aliphatic rings. The van der Waals surface area contributed by atoms with E-state index in [1.807, 2.05) is 61.5 Å². The summed E-state index contributed by atoms with van der Waals surface area (Å²) in [5.74, 6) is 0.208. The minimum Gasteiger partial charge on any atom is -0.487 e. The standard InChI is InChI=1S/C24H24BrNO3/c1-16(2)23(27)29-24(4,5)17(3)28-22-12-6-18(7-13-22)14-20(15-26)19-8-10-21(25)11-9-19/h6-14,17H,1H2,2-5H3/b20-14+. The van der Waals surface area contributed by atoms with Gasteiger partial charge in [-0.1, -0.05) is 46.8 Å². The molecule has 1 atom stereocenters. The summed E-state index contributed by atoms with van der Waals surface area (Å²) < 4.78 is 12.4. The first kappa shape index (κ1) is 22.4. The first-order valence-electron chi connectivity index (χ1n) is 9.15. The Morgan fingerprint density at radius 2 is 1.76 bits per heavy atom. The molecule has 0 fully saturated rings. The lowest BCUT2D eigenvalue weighted by Crippen LogP contribution is -2.42. The molecule has 2 rings (SSSR count). The van der Waals surface area contributed by atoms with Gasteiger partial charge in [0.15, 0.2) is 0 Å². The molecule has 0 amide bonds. The number of benzene rings is 2. The summed E-state index contributed by atoms with van der Waals surface area (Å²) in [6.45, 7) is 10.7. The maximum Gasteiger partial charge on any atom is 0.333 e. The number of esters is 1. The van der Waals surface area contributed by atoms with Crippen molar-refractivity contribution < 1.29 is 14.3 Å². The van der Waals surface area contributed by atoms with E-state index >= 15 is 0 Å². The van der Waals surface area contributed by atoms with E-state index < -0.39 is 11.6 Å². The van der Waals surface area contributed by atoms with Gasteiger partial charge in [-0.25, -0.2) is 4.79 Å². The van der Waals surface area contributed by atoms with Crippen molar-refractivity contribution in [1.29, 1.82) is 5.26 Å². The van der Waals surface area contributed by atoms with Crippen LogP contribution in [0, 0.1) is 11.3 Å². The van der Waals surface area contributed by atoms with E-state index in [0.717, 1.165) is 15.6 Å². The van der Waals surface area contributed by atoms with Crippen molar-refractivity contribution in [2.75, 3.05) is 0 Å². The summed E-state index contributed by atoms with van der Waals surface area (Å²) in [6, 6.07) is 17.3. The number of hydrogen-bond donors (Lipinski definition) is 0. The van der Waals surface area contributed by atoms with Gasteiger partial charge in [-0.15, -0.1) is 0 Å². The van der Waals surface area contributed by atoms with Crippen LogP contribution in [0.15, 0.2) is 65.2 Å². The predicted molar refractivity (Wildman–Crippen MR) is 119 cm³/mol. The minimum atomic E-state index is -0.815. The molecule has 0 aromatic heterocycles. The molecule has 0 saturated carbocycles. The fraction of sp³-hybridized carbons (Fsp3) is 0.250. The lowest BCUT2D eigenvalue weighted by molar-refractivity contribution is -0.159. The molecule has 0 saturated heterocycles. The van der Waals surface area contributed by atoms with Gasteiger partial charge in [-0.05, 0) is 69.2 Å². The van der Waals surface area contributed by atoms with Crippen molar-refractivity contribution in [3.8, 4) is 11.8 Å². The van der Waals surface area contributed by atoms with Crippen molar-refractivity contribution in [2.45, 2.75) is 39.4 Å². The first-order valence-corrected chi connectivity index (χ1v) is 9.95. The van der Waals surface area contributed by atoms with Crippen molar-refractivity contribution in [3.63, 3.8) is 0 Å². The van der Waals surface area contributed by atoms with Gasteiger partial charge in [0, 0.05) is 10.0 Å². The number of allylic oxidation sites excluding steroid dienone is 1. The van der Waals surface area contributed by atoms with Crippen LogP contribution in [0.3, 0.4) is 0 Å². The molecule has 0 aliphatic heterocycles. The quantitative estimate of drug-likeness (QED) is 0.217. The molecular weight excluding hydrogens is 430 g/mol. The highest BCUT2D eigenvalue weighted by atomic mass is 79.9. The van der Waals surface area contributed by atoms with E-state index in [1.54, 1.807) is 20.8 Å². The van der Waals surface area contributed by atoms with Gasteiger partial charge in [-0.2, -0.15) is 5.26 Å². The molecule has 0 spiro atoms. The van der Waals surface area contributed by atoms with E-state index in [2.05, 4.69) is 28.6 Å². The second kappa shape index (κ2) is 9.58. The maximum absolute atomic E-state index is 11.8. The third-order valence-electron chi connectivity index (χ3n) is 4.46. The Labute approximate surface area is 180 Å². The van der Waals surface area contributed by atoms with Gasteiger partial charge < -0.3 is 9.47 Å². The number of nitriles is 1. The third kappa shape index (κ3) is 6.33. The van der Waals surface area contributed by atoms with Crippen LogP contribution >= 0.6 is 15.9 Å². The van der Waals surface area contributed by atoms with Gasteiger partial charge in [0.2, 0.25) is 0 Å². The molecule has 2 aromatic rings. The average molecular weight is 454 g/mol. The lowest BCUT2D eigenvalue weighted by Gasteiger charge is -2.31. The summed E-state index contributed by atoms with van der Waals surface area (Å²) in [5, 5.41) is 9.48. The minimum absolute atomic E-state index is 0.348. The van der Waals surface area contributed by atoms with E-state index in [4.69, 9.17) is 9.47 Å². The van der Waals surface area contributed by atoms with Crippen LogP contribution in [0.25, 0.3) is 11.6 Å². The van der Waals surface area contributed by atoms with Gasteiger partial charge in [0.25, 0.3) is 0 Å². The highest BCUT2D eigenvalue weighted by Crippen LogP contribution is 2.25. The fourth-order valence-corrected chi connectivity index (χ4v) is 2.64. The molecule has 1 unspecified atom stereocenters. The van der Waals surface area contributed by atoms with Gasteiger partial charge in [0.1, 0.15) is 17.5 Å². The molecule has 29 heavy (non-hydrogen) atoms. The summed E-state index contributed by atoms with van der Waals surface area (Å²) in [4.78, 5) is 11.8. The maximum atomic E-state index is 11.8. The monoisotopic (exact) mass is 453 g/mol. The van der Waals surface area contributed by atoms with Crippen molar-refractivity contribution >= 4 is 33.5 Å². The number of hydrogen-bond acceptors (Lipinski definition) is 4. The lowest BCUT2D eigenvalue weighted by atomic mass is 10.0. The number of nitrogens with zero attached hydrogens (tertiary/aromatic N) is 1. The third-order valence-corrected chi connectivity index (χ3v) is 4.99. The molecule has 2 aromatic carbocycles. The molecule has 150 valence electrons. The van der Waals surface area contributed by atoms with Crippen LogP contribution in [-0.2, 0) is 9.53 Å². The Balaban J connectivity index is 2.11. The zero-order valence-electron chi connectivity index (χ0n) is 17.0. The Kier molecular flexibility index (Phi) is 7.41. The summed E-state index contributed by atoms with van der Waals surface area (Å²) in [7, 11) is 0. The van der Waals surface area contributed by atoms with Crippen molar-refractivity contribution in [2.24, 2.45) is 0 Å². The molecule has 4 nitrogen and oxygen atoms in total. The second-order valence-electron chi connectivity index (χ2n) is 7.28. The normalized spacial score (nSPS) is 12.6. The molecule has 0 heterocycles. The van der Waals surface area contributed by atoms with Gasteiger partial charge in [0.05, 0.1) is 11.6 Å². The number of carbonyl (C=O) groups is 1. The van der Waals surface area contributed by atoms with Crippen LogP contribution in [0.2, 0.25) is 0 Å². The number of carbonyl (C=O) groups excluding carboxylic acids is 1. The van der Waals surface area contributed by atoms with E-state index in [0.29, 0.717) is 16.9 Å². The molecule has 0 N–H and O–H groups in total. The number of rotatable bonds is 7. The molecular formula is C24H24BrNO3. The predicted octanol–water partition coefficient (Wildman–Crippen LogP) is 6.18. The van der Waals surface area contributed by atoms with Crippen LogP contribution in [0.5, 0.6) is 5.75 Å². The molecule has 0 aliphatic carbocycles. The smallest absolute Gasteiger partial charge is 0.333 e. The van der Waals surface area contributed by atoms with Crippen LogP contribution in [0.4, 0.5) is 0 Å². The summed E-state index contributed by atoms with van der Waals surface area (Å²) in [6.07, 6.45) is 1.46. The van der Waals surface area contributed by atoms with Crippen molar-refractivity contribution in [3.05, 3.63) is 76.3 Å². The zero-order chi connectivity index (χ0) is 21.6. The van der Waals surface area contributed by atoms with Crippen LogP contribution in [0.1, 0.15) is 38.8 Å². The van der Waals surface area contributed by atoms with Crippen LogP contribution in [-0.4, -0.2) is 17.7 Å². The highest BCUT2D eigenvalue weighted by molar-refractivity contribution is 9.10. The molecule has 0 radical (unpaired) electrons. The molecule has 5 heteroatoms. The molecule has 0 bridgehead atoms. The van der Waals surface area contributed by atoms with E-state index in [1.165, 1.54) is 0 Å².